The molecular formula is C33H35N3O5. The molecule has 0 bridgehead atoms. The lowest BCUT2D eigenvalue weighted by molar-refractivity contribution is -0.145. The van der Waals surface area contributed by atoms with Gasteiger partial charge in [-0.05, 0) is 46.2 Å². The molecule has 0 saturated heterocycles. The number of benzene rings is 3. The van der Waals surface area contributed by atoms with Crippen LogP contribution in [0, 0.1) is 5.92 Å². The Morgan fingerprint density at radius 1 is 0.854 bits per heavy atom. The number of H-pyrrole nitrogens is 1. The second-order valence-corrected chi connectivity index (χ2v) is 10.8. The first-order valence-corrected chi connectivity index (χ1v) is 13.9. The van der Waals surface area contributed by atoms with Crippen LogP contribution in [0.3, 0.4) is 0 Å². The number of rotatable bonds is 10. The number of esters is 1. The third-order valence-electron chi connectivity index (χ3n) is 7.56. The number of ether oxygens (including phenoxy) is 2. The van der Waals surface area contributed by atoms with Crippen LogP contribution in [0.15, 0.2) is 79.0 Å². The maximum Gasteiger partial charge on any atom is 0.407 e. The molecule has 1 aliphatic carbocycles. The fraction of sp³-hybridized carbons (Fsp3) is 0.303. The van der Waals surface area contributed by atoms with Crippen molar-refractivity contribution < 1.29 is 23.9 Å². The quantitative estimate of drug-likeness (QED) is 0.230. The number of carbonyl (C=O) groups is 3. The third-order valence-corrected chi connectivity index (χ3v) is 7.56. The summed E-state index contributed by atoms with van der Waals surface area (Å²) in [5.41, 5.74) is 6.25. The van der Waals surface area contributed by atoms with Crippen molar-refractivity contribution >= 4 is 28.9 Å². The van der Waals surface area contributed by atoms with Gasteiger partial charge >= 0.3 is 12.1 Å². The minimum Gasteiger partial charge on any atom is -0.467 e. The molecule has 0 aliphatic heterocycles. The van der Waals surface area contributed by atoms with Crippen molar-refractivity contribution in [3.05, 3.63) is 95.7 Å². The molecule has 3 aromatic carbocycles. The first-order valence-electron chi connectivity index (χ1n) is 13.9. The van der Waals surface area contributed by atoms with Crippen molar-refractivity contribution in [2.75, 3.05) is 13.7 Å². The van der Waals surface area contributed by atoms with Crippen molar-refractivity contribution in [3.8, 4) is 11.1 Å². The summed E-state index contributed by atoms with van der Waals surface area (Å²) in [4.78, 5) is 42.3. The lowest BCUT2D eigenvalue weighted by atomic mass is 9.98. The topological polar surface area (TPSA) is 110 Å². The van der Waals surface area contributed by atoms with Gasteiger partial charge in [-0.25, -0.2) is 9.59 Å². The van der Waals surface area contributed by atoms with E-state index in [2.05, 4.69) is 39.9 Å². The second-order valence-electron chi connectivity index (χ2n) is 10.8. The first-order chi connectivity index (χ1) is 19.9. The Morgan fingerprint density at radius 2 is 1.49 bits per heavy atom. The summed E-state index contributed by atoms with van der Waals surface area (Å²) in [6.07, 6.45) is 1.74. The fourth-order valence-corrected chi connectivity index (χ4v) is 5.61. The smallest absolute Gasteiger partial charge is 0.407 e. The number of hydrogen-bond acceptors (Lipinski definition) is 5. The van der Waals surface area contributed by atoms with Crippen LogP contribution >= 0.6 is 0 Å². The molecule has 1 aliphatic rings. The Kier molecular flexibility index (Phi) is 8.38. The van der Waals surface area contributed by atoms with Gasteiger partial charge in [0.1, 0.15) is 18.7 Å². The zero-order chi connectivity index (χ0) is 28.9. The lowest BCUT2D eigenvalue weighted by Gasteiger charge is -2.23. The Balaban J connectivity index is 1.33. The van der Waals surface area contributed by atoms with E-state index in [4.69, 9.17) is 9.47 Å². The Hall–Kier alpha value is -4.59. The van der Waals surface area contributed by atoms with Gasteiger partial charge in [0, 0.05) is 29.4 Å². The van der Waals surface area contributed by atoms with E-state index in [-0.39, 0.29) is 24.9 Å². The van der Waals surface area contributed by atoms with Crippen molar-refractivity contribution in [3.63, 3.8) is 0 Å². The van der Waals surface area contributed by atoms with Crippen LogP contribution in [-0.4, -0.2) is 48.8 Å². The highest BCUT2D eigenvalue weighted by Crippen LogP contribution is 2.44. The lowest BCUT2D eigenvalue weighted by Crippen LogP contribution is -2.53. The molecule has 3 N–H and O–H groups in total. The number of aromatic nitrogens is 1. The van der Waals surface area contributed by atoms with Crippen LogP contribution in [0.1, 0.15) is 42.9 Å². The van der Waals surface area contributed by atoms with Crippen molar-refractivity contribution in [1.29, 1.82) is 0 Å². The monoisotopic (exact) mass is 553 g/mol. The predicted octanol–water partition coefficient (Wildman–Crippen LogP) is 5.32. The molecular weight excluding hydrogens is 518 g/mol. The molecule has 41 heavy (non-hydrogen) atoms. The Bertz CT molecular complexity index is 1510. The highest BCUT2D eigenvalue weighted by atomic mass is 16.5. The summed E-state index contributed by atoms with van der Waals surface area (Å²) < 4.78 is 10.7. The predicted molar refractivity (Wildman–Crippen MR) is 157 cm³/mol. The highest BCUT2D eigenvalue weighted by Gasteiger charge is 2.31. The molecule has 212 valence electrons. The molecule has 0 saturated carbocycles. The van der Waals surface area contributed by atoms with E-state index in [1.54, 1.807) is 0 Å². The standard InChI is InChI=1S/C33H35N3O5/c1-20(2)16-30(32(38)40-3)35-31(37)29(17-21-18-34-28-15-9-8-10-22(21)28)36-33(39)41-19-27-25-13-6-4-11-23(25)24-12-5-7-14-26(24)27/h4-15,18,20,27,29-30,34H,16-17,19H2,1-3H3,(H,35,37)(H,36,39)/t29-,30+/m1/s1. The SMILES string of the molecule is COC(=O)[C@H](CC(C)C)NC(=O)[C@@H](Cc1c[nH]c2ccccc12)NC(=O)OCC1c2ccccc2-c2ccccc21. The molecule has 1 heterocycles. The van der Waals surface area contributed by atoms with Crippen molar-refractivity contribution in [1.82, 2.24) is 15.6 Å². The van der Waals surface area contributed by atoms with E-state index < -0.39 is 30.1 Å². The normalized spacial score (nSPS) is 13.8. The summed E-state index contributed by atoms with van der Waals surface area (Å²) in [6, 6.07) is 22.2. The van der Waals surface area contributed by atoms with Crippen LogP contribution in [0.4, 0.5) is 4.79 Å². The number of para-hydroxylation sites is 1. The number of nitrogens with one attached hydrogen (secondary N) is 3. The molecule has 0 unspecified atom stereocenters. The summed E-state index contributed by atoms with van der Waals surface area (Å²) in [5, 5.41) is 6.51. The zero-order valence-corrected chi connectivity index (χ0v) is 23.5. The van der Waals surface area contributed by atoms with E-state index in [1.807, 2.05) is 68.6 Å². The molecule has 2 atom stereocenters. The molecule has 5 rings (SSSR count). The average molecular weight is 554 g/mol. The van der Waals surface area contributed by atoms with Crippen molar-refractivity contribution in [2.45, 2.75) is 44.7 Å². The maximum absolute atomic E-state index is 13.5. The highest BCUT2D eigenvalue weighted by molar-refractivity contribution is 5.91. The van der Waals surface area contributed by atoms with Crippen LogP contribution in [0.2, 0.25) is 0 Å². The van der Waals surface area contributed by atoms with Crippen LogP contribution in [-0.2, 0) is 25.5 Å². The van der Waals surface area contributed by atoms with E-state index >= 15 is 0 Å². The fourth-order valence-electron chi connectivity index (χ4n) is 5.61. The molecule has 2 amide bonds. The largest absolute Gasteiger partial charge is 0.467 e. The Morgan fingerprint density at radius 3 is 2.15 bits per heavy atom. The number of methoxy groups -OCH3 is 1. The van der Waals surface area contributed by atoms with E-state index in [0.717, 1.165) is 38.7 Å². The number of carbonyl (C=O) groups excluding carboxylic acids is 3. The van der Waals surface area contributed by atoms with Gasteiger partial charge < -0.3 is 25.1 Å². The molecule has 4 aromatic rings. The van der Waals surface area contributed by atoms with Gasteiger partial charge in [0.2, 0.25) is 5.91 Å². The van der Waals surface area contributed by atoms with Gasteiger partial charge in [-0.2, -0.15) is 0 Å². The van der Waals surface area contributed by atoms with E-state index in [9.17, 15) is 14.4 Å². The zero-order valence-electron chi connectivity index (χ0n) is 23.5. The minimum absolute atomic E-state index is 0.108. The van der Waals surface area contributed by atoms with Gasteiger partial charge in [0.25, 0.3) is 0 Å². The second kappa shape index (κ2) is 12.3. The summed E-state index contributed by atoms with van der Waals surface area (Å²) >= 11 is 0. The molecule has 0 radical (unpaired) electrons. The third kappa shape index (κ3) is 6.11. The molecule has 8 nitrogen and oxygen atoms in total. The molecule has 1 aromatic heterocycles. The van der Waals surface area contributed by atoms with Gasteiger partial charge in [0.15, 0.2) is 0 Å². The molecule has 8 heteroatoms. The van der Waals surface area contributed by atoms with Gasteiger partial charge in [-0.15, -0.1) is 0 Å². The van der Waals surface area contributed by atoms with Gasteiger partial charge in [0.05, 0.1) is 7.11 Å². The Labute approximate surface area is 239 Å². The number of hydrogen-bond donors (Lipinski definition) is 3. The summed E-state index contributed by atoms with van der Waals surface area (Å²) in [5.74, 6) is -0.982. The number of fused-ring (bicyclic) bond motifs is 4. The van der Waals surface area contributed by atoms with Crippen LogP contribution in [0.25, 0.3) is 22.0 Å². The van der Waals surface area contributed by atoms with Gasteiger partial charge in [-0.3, -0.25) is 4.79 Å². The number of alkyl carbamates (subject to hydrolysis) is 1. The van der Waals surface area contributed by atoms with E-state index in [0.29, 0.717) is 6.42 Å². The van der Waals surface area contributed by atoms with Crippen LogP contribution in [0.5, 0.6) is 0 Å². The molecule has 0 fully saturated rings. The number of aromatic amines is 1. The van der Waals surface area contributed by atoms with Crippen LogP contribution < -0.4 is 10.6 Å². The minimum atomic E-state index is -0.982. The van der Waals surface area contributed by atoms with E-state index in [1.165, 1.54) is 7.11 Å². The maximum atomic E-state index is 13.5. The van der Waals surface area contributed by atoms with Gasteiger partial charge in [-0.1, -0.05) is 80.6 Å². The first kappa shape index (κ1) is 28.0. The summed E-state index contributed by atoms with van der Waals surface area (Å²) in [7, 11) is 1.29. The summed E-state index contributed by atoms with van der Waals surface area (Å²) in [6.45, 7) is 4.04. The average Bonchev–Trinajstić information content (AvgIpc) is 3.53. The number of amides is 2. The molecule has 0 spiro atoms. The van der Waals surface area contributed by atoms with Crippen molar-refractivity contribution in [2.24, 2.45) is 5.92 Å².